The molecule has 1 heteroatoms. The monoisotopic (exact) mass is 153 g/mol. The fourth-order valence-corrected chi connectivity index (χ4v) is 0.982. The van der Waals surface area contributed by atoms with Gasteiger partial charge in [0.05, 0.1) is 0 Å². The molecule has 0 saturated heterocycles. The van der Waals surface area contributed by atoms with E-state index in [0.29, 0.717) is 5.92 Å². The van der Waals surface area contributed by atoms with Gasteiger partial charge in [-0.1, -0.05) is 39.3 Å². The van der Waals surface area contributed by atoms with E-state index < -0.39 is 0 Å². The lowest BCUT2D eigenvalue weighted by Crippen LogP contribution is -2.00. The van der Waals surface area contributed by atoms with Crippen LogP contribution in [0.1, 0.15) is 33.6 Å². The fourth-order valence-electron chi connectivity index (χ4n) is 0.982. The first kappa shape index (κ1) is 10.3. The van der Waals surface area contributed by atoms with E-state index in [0.717, 1.165) is 0 Å². The van der Waals surface area contributed by atoms with Crippen molar-refractivity contribution in [2.24, 2.45) is 5.92 Å². The molecular weight excluding hydrogens is 134 g/mol. The van der Waals surface area contributed by atoms with E-state index in [9.17, 15) is 0 Å². The number of rotatable bonds is 5. The van der Waals surface area contributed by atoms with Crippen molar-refractivity contribution in [3.05, 3.63) is 24.6 Å². The smallest absolute Gasteiger partial charge is 0.000125 e. The third kappa shape index (κ3) is 4.65. The normalized spacial score (nSPS) is 11.8. The summed E-state index contributed by atoms with van der Waals surface area (Å²) < 4.78 is 0. The predicted molar refractivity (Wildman–Crippen MR) is 51.2 cm³/mol. The molecule has 0 aliphatic rings. The minimum absolute atomic E-state index is 0.641. The third-order valence-corrected chi connectivity index (χ3v) is 1.67. The van der Waals surface area contributed by atoms with Crippen molar-refractivity contribution in [2.75, 3.05) is 0 Å². The lowest BCUT2D eigenvalue weighted by molar-refractivity contribution is 0.694. The first-order valence-corrected chi connectivity index (χ1v) is 4.28. The average Bonchev–Trinajstić information content (AvgIpc) is 1.97. The van der Waals surface area contributed by atoms with Gasteiger partial charge >= 0.3 is 0 Å². The Hall–Kier alpha value is -0.720. The summed E-state index contributed by atoms with van der Waals surface area (Å²) in [5.41, 5.74) is 1.47. The summed E-state index contributed by atoms with van der Waals surface area (Å²) in [6.07, 6.45) is 6.15. The van der Waals surface area contributed by atoms with Gasteiger partial charge in [0.25, 0.3) is 0 Å². The zero-order chi connectivity index (χ0) is 8.69. The Kier molecular flexibility index (Phi) is 5.63. The molecule has 0 aliphatic carbocycles. The predicted octanol–water partition coefficient (Wildman–Crippen LogP) is 3.06. The minimum atomic E-state index is 0.641. The topological polar surface area (TPSA) is 12.0 Å². The molecule has 0 atom stereocenters. The first-order valence-electron chi connectivity index (χ1n) is 4.28. The molecule has 0 aliphatic heterocycles. The molecule has 0 bridgehead atoms. The van der Waals surface area contributed by atoms with Crippen LogP contribution in [0.2, 0.25) is 0 Å². The van der Waals surface area contributed by atoms with Crippen molar-refractivity contribution in [3.8, 4) is 0 Å². The molecule has 0 fully saturated rings. The Bertz CT molecular complexity index is 134. The molecule has 11 heavy (non-hydrogen) atoms. The van der Waals surface area contributed by atoms with E-state index in [2.05, 4.69) is 38.9 Å². The second-order valence-electron chi connectivity index (χ2n) is 2.99. The van der Waals surface area contributed by atoms with Crippen LogP contribution in [0, 0.1) is 5.92 Å². The van der Waals surface area contributed by atoms with Crippen molar-refractivity contribution in [1.82, 2.24) is 5.32 Å². The highest BCUT2D eigenvalue weighted by Crippen LogP contribution is 2.14. The maximum atomic E-state index is 3.60. The number of hydrogen-bond acceptors (Lipinski definition) is 1. The molecule has 0 saturated carbocycles. The van der Waals surface area contributed by atoms with E-state index in [4.69, 9.17) is 0 Å². The van der Waals surface area contributed by atoms with Gasteiger partial charge in [0.1, 0.15) is 0 Å². The van der Waals surface area contributed by atoms with E-state index in [1.165, 1.54) is 18.4 Å². The van der Waals surface area contributed by atoms with Gasteiger partial charge in [0, 0.05) is 0 Å². The zero-order valence-electron chi connectivity index (χ0n) is 7.85. The maximum absolute atomic E-state index is 3.60. The number of hydrogen-bond donors (Lipinski definition) is 1. The van der Waals surface area contributed by atoms with Gasteiger partial charge < -0.3 is 5.32 Å². The summed E-state index contributed by atoms with van der Waals surface area (Å²) >= 11 is 0. The van der Waals surface area contributed by atoms with Crippen LogP contribution in [0.15, 0.2) is 24.6 Å². The van der Waals surface area contributed by atoms with Crippen LogP contribution in [0.25, 0.3) is 0 Å². The van der Waals surface area contributed by atoms with Crippen molar-refractivity contribution in [3.63, 3.8) is 0 Å². The molecule has 0 heterocycles. The second-order valence-corrected chi connectivity index (χ2v) is 2.99. The van der Waals surface area contributed by atoms with Crippen LogP contribution in [-0.4, -0.2) is 0 Å². The van der Waals surface area contributed by atoms with E-state index in [1.807, 2.05) is 0 Å². The SMILES string of the molecule is C=CN/C=C(\CCC)C(C)C. The van der Waals surface area contributed by atoms with Gasteiger partial charge in [-0.2, -0.15) is 0 Å². The number of allylic oxidation sites excluding steroid dienone is 1. The minimum Gasteiger partial charge on any atom is -0.368 e. The van der Waals surface area contributed by atoms with Gasteiger partial charge in [-0.3, -0.25) is 0 Å². The van der Waals surface area contributed by atoms with Crippen LogP contribution in [0.4, 0.5) is 0 Å². The largest absolute Gasteiger partial charge is 0.368 e. The molecule has 0 amide bonds. The van der Waals surface area contributed by atoms with E-state index >= 15 is 0 Å². The van der Waals surface area contributed by atoms with Crippen molar-refractivity contribution >= 4 is 0 Å². The maximum Gasteiger partial charge on any atom is -0.000125 e. The fraction of sp³-hybridized carbons (Fsp3) is 0.600. The van der Waals surface area contributed by atoms with Crippen molar-refractivity contribution in [2.45, 2.75) is 33.6 Å². The lowest BCUT2D eigenvalue weighted by Gasteiger charge is -2.09. The number of nitrogens with one attached hydrogen (secondary N) is 1. The van der Waals surface area contributed by atoms with E-state index in [1.54, 1.807) is 6.20 Å². The molecule has 1 N–H and O–H groups in total. The summed E-state index contributed by atoms with van der Waals surface area (Å²) in [6.45, 7) is 10.2. The molecule has 0 radical (unpaired) electrons. The van der Waals surface area contributed by atoms with Gasteiger partial charge in [-0.25, -0.2) is 0 Å². The Labute approximate surface area is 70.2 Å². The molecule has 64 valence electrons. The Balaban J connectivity index is 3.96. The van der Waals surface area contributed by atoms with Crippen LogP contribution in [0.5, 0.6) is 0 Å². The third-order valence-electron chi connectivity index (χ3n) is 1.67. The summed E-state index contributed by atoms with van der Waals surface area (Å²) in [5, 5.41) is 3.02. The lowest BCUT2D eigenvalue weighted by atomic mass is 10.00. The summed E-state index contributed by atoms with van der Waals surface area (Å²) in [4.78, 5) is 0. The van der Waals surface area contributed by atoms with Gasteiger partial charge in [-0.15, -0.1) is 0 Å². The Morgan fingerprint density at radius 3 is 2.55 bits per heavy atom. The molecule has 0 aromatic rings. The van der Waals surface area contributed by atoms with Crippen LogP contribution in [0.3, 0.4) is 0 Å². The average molecular weight is 153 g/mol. The Morgan fingerprint density at radius 2 is 2.18 bits per heavy atom. The summed E-state index contributed by atoms with van der Waals surface area (Å²) in [6, 6.07) is 0. The Morgan fingerprint density at radius 1 is 1.55 bits per heavy atom. The quantitative estimate of drug-likeness (QED) is 0.640. The molecule has 0 aromatic carbocycles. The van der Waals surface area contributed by atoms with Crippen LogP contribution in [-0.2, 0) is 0 Å². The standard InChI is InChI=1S/C10H19N/c1-5-7-10(9(3)4)8-11-6-2/h6,8-9,11H,2,5,7H2,1,3-4H3/b10-8+. The first-order chi connectivity index (χ1) is 5.22. The summed E-state index contributed by atoms with van der Waals surface area (Å²) in [5.74, 6) is 0.641. The molecule has 1 nitrogen and oxygen atoms in total. The second kappa shape index (κ2) is 6.02. The van der Waals surface area contributed by atoms with Crippen molar-refractivity contribution in [1.29, 1.82) is 0 Å². The van der Waals surface area contributed by atoms with Crippen LogP contribution < -0.4 is 5.32 Å². The van der Waals surface area contributed by atoms with E-state index in [-0.39, 0.29) is 0 Å². The van der Waals surface area contributed by atoms with Crippen LogP contribution >= 0.6 is 0 Å². The molecule has 0 spiro atoms. The zero-order valence-corrected chi connectivity index (χ0v) is 7.85. The molecular formula is C10H19N. The van der Waals surface area contributed by atoms with Gasteiger partial charge in [-0.05, 0) is 24.7 Å². The van der Waals surface area contributed by atoms with Gasteiger partial charge in [0.2, 0.25) is 0 Å². The molecule has 0 aromatic heterocycles. The highest BCUT2D eigenvalue weighted by molar-refractivity contribution is 5.04. The molecule has 0 unspecified atom stereocenters. The molecule has 0 rings (SSSR count). The van der Waals surface area contributed by atoms with Gasteiger partial charge in [0.15, 0.2) is 0 Å². The highest BCUT2D eigenvalue weighted by atomic mass is 14.8. The highest BCUT2D eigenvalue weighted by Gasteiger charge is 1.99. The van der Waals surface area contributed by atoms with Crippen molar-refractivity contribution < 1.29 is 0 Å². The summed E-state index contributed by atoms with van der Waals surface area (Å²) in [7, 11) is 0.